The second-order valence-electron chi connectivity index (χ2n) is 3.32. The highest BCUT2D eigenvalue weighted by atomic mass is 15.1. The van der Waals surface area contributed by atoms with Crippen LogP contribution in [0.3, 0.4) is 0 Å². The topological polar surface area (TPSA) is 46.5 Å². The van der Waals surface area contributed by atoms with Gasteiger partial charge in [-0.15, -0.1) is 0 Å². The van der Waals surface area contributed by atoms with Crippen LogP contribution >= 0.6 is 0 Å². The minimum atomic E-state index is 0.674. The Bertz CT molecular complexity index is 565. The zero-order valence-electron chi connectivity index (χ0n) is 8.01. The summed E-state index contributed by atoms with van der Waals surface area (Å²) in [5.41, 5.74) is 2.04. The number of hydrogen-bond acceptors (Lipinski definition) is 2. The Morgan fingerprint density at radius 1 is 1.33 bits per heavy atom. The molecule has 3 aromatic rings. The van der Waals surface area contributed by atoms with Crippen LogP contribution in [-0.2, 0) is 6.54 Å². The lowest BCUT2D eigenvalue weighted by atomic mass is 10.3. The number of rotatable bonds is 2. The van der Waals surface area contributed by atoms with E-state index in [0.717, 1.165) is 16.9 Å². The summed E-state index contributed by atoms with van der Waals surface area (Å²) in [7, 11) is 0. The lowest BCUT2D eigenvalue weighted by Crippen LogP contribution is -1.99. The van der Waals surface area contributed by atoms with Crippen molar-refractivity contribution >= 4 is 11.0 Å². The third kappa shape index (κ3) is 1.40. The molecule has 0 aliphatic carbocycles. The smallest absolute Gasteiger partial charge is 0.177 e. The minimum absolute atomic E-state index is 0.674. The van der Waals surface area contributed by atoms with Crippen molar-refractivity contribution in [3.05, 3.63) is 48.8 Å². The Hall–Kier alpha value is -2.10. The second kappa shape index (κ2) is 3.24. The molecule has 1 aromatic carbocycles. The highest BCUT2D eigenvalue weighted by molar-refractivity contribution is 5.74. The summed E-state index contributed by atoms with van der Waals surface area (Å²) in [6.07, 6.45) is 6.52. The van der Waals surface area contributed by atoms with Gasteiger partial charge in [-0.05, 0) is 12.1 Å². The largest absolute Gasteiger partial charge is 0.347 e. The number of nitrogens with one attached hydrogen (secondary N) is 1. The first-order valence-electron chi connectivity index (χ1n) is 4.75. The van der Waals surface area contributed by atoms with Gasteiger partial charge in [0.05, 0.1) is 17.6 Å². The van der Waals surface area contributed by atoms with Gasteiger partial charge in [-0.3, -0.25) is 0 Å². The van der Waals surface area contributed by atoms with Crippen molar-refractivity contribution in [1.29, 1.82) is 0 Å². The molecule has 0 aliphatic rings. The molecule has 73 valence electrons. The van der Waals surface area contributed by atoms with E-state index in [1.165, 1.54) is 0 Å². The number of para-hydroxylation sites is 2. The van der Waals surface area contributed by atoms with Gasteiger partial charge in [-0.2, -0.15) is 0 Å². The van der Waals surface area contributed by atoms with Gasteiger partial charge in [0, 0.05) is 12.4 Å². The first-order valence-corrected chi connectivity index (χ1v) is 4.75. The molecule has 15 heavy (non-hydrogen) atoms. The van der Waals surface area contributed by atoms with Gasteiger partial charge in [0.15, 0.2) is 6.33 Å². The first kappa shape index (κ1) is 8.23. The fourth-order valence-corrected chi connectivity index (χ4v) is 1.61. The van der Waals surface area contributed by atoms with Gasteiger partial charge >= 0.3 is 0 Å². The van der Waals surface area contributed by atoms with Crippen LogP contribution in [0.15, 0.2) is 36.7 Å². The van der Waals surface area contributed by atoms with Crippen molar-refractivity contribution in [2.24, 2.45) is 0 Å². The summed E-state index contributed by atoms with van der Waals surface area (Å²) in [5, 5.41) is 0. The van der Waals surface area contributed by atoms with E-state index in [4.69, 9.17) is 0 Å². The molecule has 0 unspecified atom stereocenters. The number of benzene rings is 1. The van der Waals surface area contributed by atoms with Crippen molar-refractivity contribution in [2.45, 2.75) is 6.54 Å². The molecule has 0 spiro atoms. The SMILES string of the molecule is [c]1nc2ccccc2n1Cc1ncc[nH]1. The number of H-pyrrole nitrogens is 1. The average Bonchev–Trinajstić information content (AvgIpc) is 2.89. The average molecular weight is 197 g/mol. The Balaban J connectivity index is 2.05. The summed E-state index contributed by atoms with van der Waals surface area (Å²) < 4.78 is 1.95. The van der Waals surface area contributed by atoms with Crippen LogP contribution in [0.25, 0.3) is 11.0 Å². The van der Waals surface area contributed by atoms with Crippen molar-refractivity contribution in [3.63, 3.8) is 0 Å². The van der Waals surface area contributed by atoms with E-state index in [0.29, 0.717) is 6.54 Å². The van der Waals surface area contributed by atoms with Crippen molar-refractivity contribution in [2.75, 3.05) is 0 Å². The van der Waals surface area contributed by atoms with Gasteiger partial charge in [-0.25, -0.2) is 9.97 Å². The summed E-state index contributed by atoms with van der Waals surface area (Å²) in [5.74, 6) is 0.911. The van der Waals surface area contributed by atoms with Crippen LogP contribution in [0, 0.1) is 6.33 Å². The molecule has 0 atom stereocenters. The zero-order chi connectivity index (χ0) is 10.1. The van der Waals surface area contributed by atoms with Gasteiger partial charge in [0.1, 0.15) is 5.82 Å². The lowest BCUT2D eigenvalue weighted by Gasteiger charge is -1.99. The molecule has 0 saturated heterocycles. The van der Waals surface area contributed by atoms with E-state index in [1.54, 1.807) is 6.20 Å². The van der Waals surface area contributed by atoms with E-state index >= 15 is 0 Å². The highest BCUT2D eigenvalue weighted by Gasteiger charge is 2.03. The summed E-state index contributed by atoms with van der Waals surface area (Å²) in [6.45, 7) is 0.674. The molecule has 4 nitrogen and oxygen atoms in total. The second-order valence-corrected chi connectivity index (χ2v) is 3.32. The lowest BCUT2D eigenvalue weighted by molar-refractivity contribution is 0.771. The van der Waals surface area contributed by atoms with Gasteiger partial charge in [-0.1, -0.05) is 12.1 Å². The van der Waals surface area contributed by atoms with Crippen LogP contribution in [-0.4, -0.2) is 19.5 Å². The van der Waals surface area contributed by atoms with E-state index in [1.807, 2.05) is 35.0 Å². The maximum Gasteiger partial charge on any atom is 0.177 e. The minimum Gasteiger partial charge on any atom is -0.347 e. The molecule has 0 amide bonds. The third-order valence-corrected chi connectivity index (χ3v) is 2.33. The molecule has 0 fully saturated rings. The van der Waals surface area contributed by atoms with Crippen LogP contribution in [0.2, 0.25) is 0 Å². The van der Waals surface area contributed by atoms with E-state index in [2.05, 4.69) is 21.3 Å². The predicted octanol–water partition coefficient (Wildman–Crippen LogP) is 1.61. The Kier molecular flexibility index (Phi) is 1.78. The van der Waals surface area contributed by atoms with Gasteiger partial charge in [0.2, 0.25) is 0 Å². The molecule has 3 rings (SSSR count). The van der Waals surface area contributed by atoms with E-state index in [9.17, 15) is 0 Å². The maximum atomic E-state index is 4.20. The van der Waals surface area contributed by atoms with Crippen molar-refractivity contribution in [3.8, 4) is 0 Å². The highest BCUT2D eigenvalue weighted by Crippen LogP contribution is 2.11. The molecular weight excluding hydrogens is 188 g/mol. The molecule has 0 aliphatic heterocycles. The quantitative estimate of drug-likeness (QED) is 0.678. The molecule has 0 bridgehead atoms. The summed E-state index contributed by atoms with van der Waals surface area (Å²) in [4.78, 5) is 11.4. The Morgan fingerprint density at radius 2 is 2.27 bits per heavy atom. The molecule has 1 radical (unpaired) electrons. The van der Waals surface area contributed by atoms with Gasteiger partial charge < -0.3 is 9.55 Å². The van der Waals surface area contributed by atoms with Gasteiger partial charge in [0.25, 0.3) is 0 Å². The monoisotopic (exact) mass is 197 g/mol. The number of aromatic amines is 1. The number of aromatic nitrogens is 4. The summed E-state index contributed by atoms with van der Waals surface area (Å²) in [6, 6.07) is 7.98. The number of nitrogens with zero attached hydrogens (tertiary/aromatic N) is 3. The summed E-state index contributed by atoms with van der Waals surface area (Å²) >= 11 is 0. The molecule has 4 heteroatoms. The van der Waals surface area contributed by atoms with Crippen molar-refractivity contribution < 1.29 is 0 Å². The normalized spacial score (nSPS) is 10.9. The van der Waals surface area contributed by atoms with Crippen LogP contribution in [0.5, 0.6) is 0 Å². The molecule has 0 saturated carbocycles. The van der Waals surface area contributed by atoms with Crippen LogP contribution in [0.1, 0.15) is 5.82 Å². The number of hydrogen-bond donors (Lipinski definition) is 1. The third-order valence-electron chi connectivity index (χ3n) is 2.33. The molecule has 2 aromatic heterocycles. The van der Waals surface area contributed by atoms with Crippen molar-refractivity contribution in [1.82, 2.24) is 19.5 Å². The Labute approximate surface area is 86.6 Å². The zero-order valence-corrected chi connectivity index (χ0v) is 8.01. The number of imidazole rings is 2. The fraction of sp³-hybridized carbons (Fsp3) is 0.0909. The first-order chi connectivity index (χ1) is 7.43. The van der Waals surface area contributed by atoms with Crippen LogP contribution in [0.4, 0.5) is 0 Å². The van der Waals surface area contributed by atoms with Crippen LogP contribution < -0.4 is 0 Å². The standard InChI is InChI=1S/C11H9N4/c1-2-4-10-9(3-1)14-8-15(10)7-11-12-5-6-13-11/h1-6H,7H2,(H,12,13). The molecular formula is C11H9N4. The van der Waals surface area contributed by atoms with E-state index < -0.39 is 0 Å². The fourth-order valence-electron chi connectivity index (χ4n) is 1.61. The number of fused-ring (bicyclic) bond motifs is 1. The van der Waals surface area contributed by atoms with E-state index in [-0.39, 0.29) is 0 Å². The predicted molar refractivity (Wildman–Crippen MR) is 56.3 cm³/mol. The molecule has 1 N–H and O–H groups in total. The molecule has 2 heterocycles. The maximum absolute atomic E-state index is 4.20. The Morgan fingerprint density at radius 3 is 3.13 bits per heavy atom.